The lowest BCUT2D eigenvalue weighted by atomic mass is 10.0. The average Bonchev–Trinajstić information content (AvgIpc) is 2.05. The van der Waals surface area contributed by atoms with Gasteiger partial charge >= 0.3 is 6.36 Å². The summed E-state index contributed by atoms with van der Waals surface area (Å²) < 4.78 is 39.7. The van der Waals surface area contributed by atoms with Gasteiger partial charge in [-0.3, -0.25) is 0 Å². The van der Waals surface area contributed by atoms with Gasteiger partial charge in [-0.15, -0.1) is 13.2 Å². The zero-order chi connectivity index (χ0) is 11.6. The monoisotopic (exact) mass is 217 g/mol. The van der Waals surface area contributed by atoms with Gasteiger partial charge in [-0.2, -0.15) is 0 Å². The Morgan fingerprint density at radius 2 is 1.80 bits per heavy atom. The molecule has 0 saturated carbocycles. The van der Waals surface area contributed by atoms with E-state index in [1.165, 1.54) is 6.07 Å². The summed E-state index contributed by atoms with van der Waals surface area (Å²) >= 11 is 0. The molecular formula is C11H12F3O. The van der Waals surface area contributed by atoms with Crippen molar-refractivity contribution in [3.05, 3.63) is 35.2 Å². The van der Waals surface area contributed by atoms with Crippen LogP contribution in [0, 0.1) is 12.8 Å². The van der Waals surface area contributed by atoms with E-state index >= 15 is 0 Å². The summed E-state index contributed by atoms with van der Waals surface area (Å²) in [4.78, 5) is 0. The van der Waals surface area contributed by atoms with Gasteiger partial charge in [0.15, 0.2) is 0 Å². The van der Waals surface area contributed by atoms with Crippen molar-refractivity contribution >= 4 is 0 Å². The van der Waals surface area contributed by atoms with Crippen LogP contribution in [0.2, 0.25) is 0 Å². The second-order valence-corrected chi connectivity index (χ2v) is 3.53. The number of halogens is 3. The van der Waals surface area contributed by atoms with E-state index in [9.17, 15) is 13.2 Å². The fourth-order valence-corrected chi connectivity index (χ4v) is 1.20. The first kappa shape index (κ1) is 11.9. The average molecular weight is 217 g/mol. The van der Waals surface area contributed by atoms with Gasteiger partial charge < -0.3 is 4.74 Å². The van der Waals surface area contributed by atoms with E-state index in [1.807, 2.05) is 13.8 Å². The van der Waals surface area contributed by atoms with Crippen molar-refractivity contribution in [1.29, 1.82) is 0 Å². The summed E-state index contributed by atoms with van der Waals surface area (Å²) in [6.45, 7) is 5.39. The Bertz CT molecular complexity index is 342. The van der Waals surface area contributed by atoms with Crippen LogP contribution in [0.1, 0.15) is 25.0 Å². The normalized spacial score (nSPS) is 11.9. The molecule has 1 aromatic rings. The van der Waals surface area contributed by atoms with Crippen molar-refractivity contribution in [2.45, 2.75) is 27.1 Å². The fourth-order valence-electron chi connectivity index (χ4n) is 1.20. The molecule has 0 heterocycles. The second-order valence-electron chi connectivity index (χ2n) is 3.53. The predicted octanol–water partition coefficient (Wildman–Crippen LogP) is 3.86. The molecule has 1 radical (unpaired) electrons. The van der Waals surface area contributed by atoms with E-state index in [0.29, 0.717) is 5.56 Å². The molecule has 0 fully saturated rings. The standard InChI is InChI=1S/C11H12F3O/c1-7(2)9-4-5-10(8(3)6-9)15-11(12,13)14/h4-6H,1-3H3. The number of benzene rings is 1. The van der Waals surface area contributed by atoms with Crippen LogP contribution in [-0.2, 0) is 0 Å². The molecule has 0 aromatic heterocycles. The van der Waals surface area contributed by atoms with Gasteiger partial charge in [-0.05, 0) is 30.0 Å². The van der Waals surface area contributed by atoms with Crippen LogP contribution in [0.3, 0.4) is 0 Å². The Kier molecular flexibility index (Phi) is 3.27. The number of hydrogen-bond acceptors (Lipinski definition) is 1. The summed E-state index contributed by atoms with van der Waals surface area (Å²) in [7, 11) is 0. The van der Waals surface area contributed by atoms with E-state index in [0.717, 1.165) is 11.5 Å². The van der Waals surface area contributed by atoms with Crippen molar-refractivity contribution in [3.63, 3.8) is 0 Å². The first-order chi connectivity index (χ1) is 6.79. The summed E-state index contributed by atoms with van der Waals surface area (Å²) in [5, 5.41) is 0. The van der Waals surface area contributed by atoms with Crippen molar-refractivity contribution in [2.75, 3.05) is 0 Å². The number of hydrogen-bond donors (Lipinski definition) is 0. The lowest BCUT2D eigenvalue weighted by Gasteiger charge is -2.13. The molecule has 0 N–H and O–H groups in total. The highest BCUT2D eigenvalue weighted by Crippen LogP contribution is 2.28. The Hall–Kier alpha value is -1.19. The molecule has 4 heteroatoms. The van der Waals surface area contributed by atoms with E-state index < -0.39 is 6.36 Å². The SMILES string of the molecule is C[C](C)c1ccc(OC(F)(F)F)c(C)c1. The Labute approximate surface area is 86.9 Å². The number of rotatable bonds is 2. The van der Waals surface area contributed by atoms with Crippen LogP contribution in [0.5, 0.6) is 5.75 Å². The molecule has 1 aromatic carbocycles. The highest BCUT2D eigenvalue weighted by molar-refractivity contribution is 5.40. The van der Waals surface area contributed by atoms with E-state index in [1.54, 1.807) is 19.1 Å². The Morgan fingerprint density at radius 1 is 1.20 bits per heavy atom. The van der Waals surface area contributed by atoms with Gasteiger partial charge in [-0.25, -0.2) is 0 Å². The van der Waals surface area contributed by atoms with E-state index in [2.05, 4.69) is 4.74 Å². The predicted molar refractivity (Wildman–Crippen MR) is 51.6 cm³/mol. The van der Waals surface area contributed by atoms with Gasteiger partial charge in [0.2, 0.25) is 0 Å². The second kappa shape index (κ2) is 4.13. The van der Waals surface area contributed by atoms with Gasteiger partial charge in [0, 0.05) is 0 Å². The molecule has 0 saturated heterocycles. The molecule has 1 rings (SSSR count). The minimum absolute atomic E-state index is 0.146. The Balaban J connectivity index is 2.94. The maximum absolute atomic E-state index is 12.0. The topological polar surface area (TPSA) is 9.23 Å². The van der Waals surface area contributed by atoms with Crippen molar-refractivity contribution in [2.24, 2.45) is 0 Å². The molecule has 0 atom stereocenters. The van der Waals surface area contributed by atoms with Crippen LogP contribution < -0.4 is 4.74 Å². The molecule has 0 aliphatic heterocycles. The van der Waals surface area contributed by atoms with E-state index in [-0.39, 0.29) is 5.75 Å². The lowest BCUT2D eigenvalue weighted by molar-refractivity contribution is -0.274. The maximum atomic E-state index is 12.0. The van der Waals surface area contributed by atoms with Gasteiger partial charge in [0.25, 0.3) is 0 Å². The molecule has 15 heavy (non-hydrogen) atoms. The first-order valence-electron chi connectivity index (χ1n) is 4.46. The van der Waals surface area contributed by atoms with Crippen molar-refractivity contribution in [3.8, 4) is 5.75 Å². The molecule has 0 amide bonds. The van der Waals surface area contributed by atoms with Crippen LogP contribution in [0.4, 0.5) is 13.2 Å². The highest BCUT2D eigenvalue weighted by Gasteiger charge is 2.31. The fraction of sp³-hybridized carbons (Fsp3) is 0.364. The molecular weight excluding hydrogens is 205 g/mol. The van der Waals surface area contributed by atoms with Gasteiger partial charge in [0.05, 0.1) is 0 Å². The summed E-state index contributed by atoms with van der Waals surface area (Å²) in [6, 6.07) is 4.63. The Morgan fingerprint density at radius 3 is 2.20 bits per heavy atom. The summed E-state index contributed by atoms with van der Waals surface area (Å²) in [5.41, 5.74) is 1.40. The number of aryl methyl sites for hydroxylation is 1. The molecule has 1 nitrogen and oxygen atoms in total. The minimum atomic E-state index is -4.63. The third kappa shape index (κ3) is 3.46. The van der Waals surface area contributed by atoms with Gasteiger partial charge in [-0.1, -0.05) is 26.0 Å². The third-order valence-corrected chi connectivity index (χ3v) is 1.98. The first-order valence-corrected chi connectivity index (χ1v) is 4.46. The van der Waals surface area contributed by atoms with Crippen LogP contribution in [0.15, 0.2) is 18.2 Å². The van der Waals surface area contributed by atoms with Crippen LogP contribution in [-0.4, -0.2) is 6.36 Å². The van der Waals surface area contributed by atoms with Gasteiger partial charge in [0.1, 0.15) is 5.75 Å². The molecule has 0 spiro atoms. The van der Waals surface area contributed by atoms with Crippen LogP contribution >= 0.6 is 0 Å². The smallest absolute Gasteiger partial charge is 0.406 e. The summed E-state index contributed by atoms with van der Waals surface area (Å²) in [6.07, 6.45) is -4.63. The quantitative estimate of drug-likeness (QED) is 0.731. The van der Waals surface area contributed by atoms with Crippen molar-refractivity contribution in [1.82, 2.24) is 0 Å². The zero-order valence-electron chi connectivity index (χ0n) is 8.77. The number of alkyl halides is 3. The molecule has 0 bridgehead atoms. The maximum Gasteiger partial charge on any atom is 0.573 e. The largest absolute Gasteiger partial charge is 0.573 e. The molecule has 0 unspecified atom stereocenters. The molecule has 0 aliphatic carbocycles. The zero-order valence-corrected chi connectivity index (χ0v) is 8.77. The molecule has 83 valence electrons. The minimum Gasteiger partial charge on any atom is -0.406 e. The third-order valence-electron chi connectivity index (χ3n) is 1.98. The summed E-state index contributed by atoms with van der Waals surface area (Å²) in [5.74, 6) is 0.907. The van der Waals surface area contributed by atoms with Crippen LogP contribution in [0.25, 0.3) is 0 Å². The molecule has 0 aliphatic rings. The number of ether oxygens (including phenoxy) is 1. The van der Waals surface area contributed by atoms with E-state index in [4.69, 9.17) is 0 Å². The highest BCUT2D eigenvalue weighted by atomic mass is 19.4. The van der Waals surface area contributed by atoms with Crippen molar-refractivity contribution < 1.29 is 17.9 Å². The lowest BCUT2D eigenvalue weighted by Crippen LogP contribution is -2.17.